The summed E-state index contributed by atoms with van der Waals surface area (Å²) in [4.78, 5) is 14.1. The molecule has 2 N–H and O–H groups in total. The SMILES string of the molecule is CSc1nc(NCc2nc3ccccc3s2)cc(-c2n[nH]c3c2CCC(C)(C)C3)n1. The van der Waals surface area contributed by atoms with E-state index in [4.69, 9.17) is 9.97 Å². The molecule has 0 unspecified atom stereocenters. The van der Waals surface area contributed by atoms with Crippen molar-refractivity contribution in [3.8, 4) is 11.4 Å². The van der Waals surface area contributed by atoms with Crippen LogP contribution in [0.15, 0.2) is 35.5 Å². The Bertz CT molecular complexity index is 1180. The molecule has 0 spiro atoms. The Kier molecular flexibility index (Phi) is 4.99. The van der Waals surface area contributed by atoms with Gasteiger partial charge in [0.25, 0.3) is 0 Å². The molecular formula is C22H24N6S2. The monoisotopic (exact) mass is 436 g/mol. The van der Waals surface area contributed by atoms with E-state index >= 15 is 0 Å². The van der Waals surface area contributed by atoms with Crippen molar-refractivity contribution in [2.45, 2.75) is 44.8 Å². The van der Waals surface area contributed by atoms with Gasteiger partial charge in [-0.2, -0.15) is 5.10 Å². The Labute approximate surface area is 184 Å². The van der Waals surface area contributed by atoms with Crippen LogP contribution in [0.5, 0.6) is 0 Å². The largest absolute Gasteiger partial charge is 0.363 e. The van der Waals surface area contributed by atoms with Gasteiger partial charge in [-0.15, -0.1) is 11.3 Å². The fraction of sp³-hybridized carbons (Fsp3) is 0.364. The van der Waals surface area contributed by atoms with Crippen LogP contribution < -0.4 is 5.32 Å². The standard InChI is InChI=1S/C22H24N6S2/c1-22(2)9-8-13-16(11-22)27-28-20(13)15-10-18(26-21(25-15)29-3)23-12-19-24-14-6-4-5-7-17(14)30-19/h4-7,10H,8-9,11-12H2,1-3H3,(H,27,28)(H,23,25,26). The molecule has 8 heteroatoms. The van der Waals surface area contributed by atoms with Gasteiger partial charge < -0.3 is 5.32 Å². The molecule has 0 saturated heterocycles. The van der Waals surface area contributed by atoms with Crippen LogP contribution in [0.4, 0.5) is 5.82 Å². The quantitative estimate of drug-likeness (QED) is 0.325. The predicted octanol–water partition coefficient (Wildman–Crippen LogP) is 5.33. The maximum atomic E-state index is 4.74. The number of nitrogens with one attached hydrogen (secondary N) is 2. The van der Waals surface area contributed by atoms with E-state index in [1.165, 1.54) is 16.0 Å². The van der Waals surface area contributed by atoms with Crippen LogP contribution in [0.3, 0.4) is 0 Å². The molecule has 0 bridgehead atoms. The summed E-state index contributed by atoms with van der Waals surface area (Å²) in [5.41, 5.74) is 5.74. The molecule has 3 heterocycles. The van der Waals surface area contributed by atoms with Crippen molar-refractivity contribution in [1.82, 2.24) is 25.1 Å². The lowest BCUT2D eigenvalue weighted by atomic mass is 9.76. The van der Waals surface area contributed by atoms with Gasteiger partial charge in [0.1, 0.15) is 16.5 Å². The fourth-order valence-electron chi connectivity index (χ4n) is 3.95. The van der Waals surface area contributed by atoms with Gasteiger partial charge in [-0.05, 0) is 43.1 Å². The normalized spacial score (nSPS) is 15.3. The van der Waals surface area contributed by atoms with Crippen molar-refractivity contribution in [2.75, 3.05) is 11.6 Å². The second-order valence-electron chi connectivity index (χ2n) is 8.42. The number of nitrogens with zero attached hydrogens (tertiary/aromatic N) is 4. The van der Waals surface area contributed by atoms with Crippen molar-refractivity contribution in [3.63, 3.8) is 0 Å². The van der Waals surface area contributed by atoms with Crippen molar-refractivity contribution >= 4 is 39.1 Å². The molecule has 6 nitrogen and oxygen atoms in total. The highest BCUT2D eigenvalue weighted by Gasteiger charge is 2.29. The summed E-state index contributed by atoms with van der Waals surface area (Å²) < 4.78 is 1.20. The molecule has 1 aromatic carbocycles. The number of fused-ring (bicyclic) bond motifs is 2. The first-order valence-corrected chi connectivity index (χ1v) is 12.1. The van der Waals surface area contributed by atoms with Gasteiger partial charge in [-0.25, -0.2) is 15.0 Å². The van der Waals surface area contributed by atoms with Gasteiger partial charge in [0, 0.05) is 17.3 Å². The van der Waals surface area contributed by atoms with Gasteiger partial charge in [0.15, 0.2) is 5.16 Å². The van der Waals surface area contributed by atoms with Gasteiger partial charge in [-0.1, -0.05) is 37.7 Å². The molecule has 0 amide bonds. The molecule has 4 aromatic rings. The summed E-state index contributed by atoms with van der Waals surface area (Å²) in [5, 5.41) is 13.1. The number of thiazole rings is 1. The van der Waals surface area contributed by atoms with Gasteiger partial charge in [-0.3, -0.25) is 5.10 Å². The molecule has 0 fully saturated rings. The lowest BCUT2D eigenvalue weighted by Crippen LogP contribution is -2.22. The van der Waals surface area contributed by atoms with Crippen molar-refractivity contribution in [1.29, 1.82) is 0 Å². The summed E-state index contributed by atoms with van der Waals surface area (Å²) in [5.74, 6) is 0.802. The highest BCUT2D eigenvalue weighted by atomic mass is 32.2. The van der Waals surface area contributed by atoms with Gasteiger partial charge >= 0.3 is 0 Å². The van der Waals surface area contributed by atoms with Crippen LogP contribution in [0.2, 0.25) is 0 Å². The summed E-state index contributed by atoms with van der Waals surface area (Å²) in [6.07, 6.45) is 5.22. The average molecular weight is 437 g/mol. The molecule has 0 atom stereocenters. The highest BCUT2D eigenvalue weighted by Crippen LogP contribution is 2.38. The maximum absolute atomic E-state index is 4.74. The van der Waals surface area contributed by atoms with Crippen LogP contribution in [0.1, 0.15) is 36.5 Å². The molecule has 3 aromatic heterocycles. The lowest BCUT2D eigenvalue weighted by Gasteiger charge is -2.29. The predicted molar refractivity (Wildman–Crippen MR) is 124 cm³/mol. The number of para-hydroxylation sites is 1. The number of benzene rings is 1. The van der Waals surface area contributed by atoms with Crippen molar-refractivity contribution in [2.24, 2.45) is 5.41 Å². The first kappa shape index (κ1) is 19.5. The zero-order chi connectivity index (χ0) is 20.7. The third kappa shape index (κ3) is 3.81. The Morgan fingerprint density at radius 2 is 2.07 bits per heavy atom. The summed E-state index contributed by atoms with van der Waals surface area (Å²) in [6.45, 7) is 5.27. The molecule has 5 rings (SSSR count). The topological polar surface area (TPSA) is 79.4 Å². The summed E-state index contributed by atoms with van der Waals surface area (Å²) in [6, 6.07) is 10.2. The van der Waals surface area contributed by atoms with E-state index in [1.54, 1.807) is 23.1 Å². The number of H-pyrrole nitrogens is 1. The number of hydrogen-bond donors (Lipinski definition) is 2. The Morgan fingerprint density at radius 1 is 1.20 bits per heavy atom. The van der Waals surface area contributed by atoms with Crippen LogP contribution in [0, 0.1) is 5.41 Å². The Balaban J connectivity index is 1.42. The number of rotatable bonds is 5. The van der Waals surface area contributed by atoms with E-state index in [0.29, 0.717) is 12.0 Å². The number of aromatic amines is 1. The third-order valence-corrected chi connectivity index (χ3v) is 7.13. The zero-order valence-corrected chi connectivity index (χ0v) is 19.0. The van der Waals surface area contributed by atoms with E-state index in [0.717, 1.165) is 52.1 Å². The molecule has 1 aliphatic rings. The molecule has 1 aliphatic carbocycles. The number of thioether (sulfide) groups is 1. The maximum Gasteiger partial charge on any atom is 0.189 e. The van der Waals surface area contributed by atoms with E-state index in [1.807, 2.05) is 30.5 Å². The average Bonchev–Trinajstić information content (AvgIpc) is 3.34. The van der Waals surface area contributed by atoms with E-state index in [-0.39, 0.29) is 0 Å². The van der Waals surface area contributed by atoms with E-state index in [9.17, 15) is 0 Å². The zero-order valence-electron chi connectivity index (χ0n) is 17.3. The Morgan fingerprint density at radius 3 is 2.90 bits per heavy atom. The minimum atomic E-state index is 0.316. The second-order valence-corrected chi connectivity index (χ2v) is 10.3. The fourth-order valence-corrected chi connectivity index (χ4v) is 5.24. The molecular weight excluding hydrogens is 412 g/mol. The summed E-state index contributed by atoms with van der Waals surface area (Å²) >= 11 is 3.25. The van der Waals surface area contributed by atoms with Gasteiger partial charge in [0.05, 0.1) is 22.5 Å². The highest BCUT2D eigenvalue weighted by molar-refractivity contribution is 7.98. The number of hydrogen-bond acceptors (Lipinski definition) is 7. The third-order valence-electron chi connectivity index (χ3n) is 5.55. The first-order chi connectivity index (χ1) is 14.5. The van der Waals surface area contributed by atoms with Crippen LogP contribution in [0.25, 0.3) is 21.6 Å². The molecule has 0 radical (unpaired) electrons. The minimum Gasteiger partial charge on any atom is -0.363 e. The number of anilines is 1. The van der Waals surface area contributed by atoms with Gasteiger partial charge in [0.2, 0.25) is 0 Å². The number of aromatic nitrogens is 5. The minimum absolute atomic E-state index is 0.316. The smallest absolute Gasteiger partial charge is 0.189 e. The van der Waals surface area contributed by atoms with Crippen LogP contribution in [-0.4, -0.2) is 31.4 Å². The summed E-state index contributed by atoms with van der Waals surface area (Å²) in [7, 11) is 0. The van der Waals surface area contributed by atoms with Crippen LogP contribution in [-0.2, 0) is 19.4 Å². The molecule has 30 heavy (non-hydrogen) atoms. The van der Waals surface area contributed by atoms with Crippen molar-refractivity contribution in [3.05, 3.63) is 46.6 Å². The molecule has 0 saturated carbocycles. The van der Waals surface area contributed by atoms with E-state index < -0.39 is 0 Å². The lowest BCUT2D eigenvalue weighted by molar-refractivity contribution is 0.312. The molecule has 0 aliphatic heterocycles. The van der Waals surface area contributed by atoms with Crippen molar-refractivity contribution < 1.29 is 0 Å². The van der Waals surface area contributed by atoms with Crippen LogP contribution >= 0.6 is 23.1 Å². The molecule has 154 valence electrons. The van der Waals surface area contributed by atoms with E-state index in [2.05, 4.69) is 40.4 Å². The second kappa shape index (κ2) is 7.67. The first-order valence-electron chi connectivity index (χ1n) is 10.1. The Hall–Kier alpha value is -2.45.